The highest BCUT2D eigenvalue weighted by Crippen LogP contribution is 2.46. The summed E-state index contributed by atoms with van der Waals surface area (Å²) < 4.78 is 5.58. The number of rotatable bonds is 4. The lowest BCUT2D eigenvalue weighted by molar-refractivity contribution is -0.130. The lowest BCUT2D eigenvalue weighted by atomic mass is 9.85. The van der Waals surface area contributed by atoms with E-state index in [1.165, 1.54) is 12.8 Å². The third-order valence-electron chi connectivity index (χ3n) is 3.85. The van der Waals surface area contributed by atoms with Gasteiger partial charge < -0.3 is 15.8 Å². The van der Waals surface area contributed by atoms with E-state index in [2.05, 4.69) is 11.6 Å². The van der Waals surface area contributed by atoms with Crippen molar-refractivity contribution in [2.45, 2.75) is 30.6 Å². The van der Waals surface area contributed by atoms with Gasteiger partial charge in [-0.1, -0.05) is 0 Å². The summed E-state index contributed by atoms with van der Waals surface area (Å²) in [5.74, 6) is 0.0397. The minimum absolute atomic E-state index is 0.0397. The molecule has 16 heavy (non-hydrogen) atoms. The number of nitrogens with two attached hydrogens (primary N) is 1. The van der Waals surface area contributed by atoms with Crippen LogP contribution in [0.2, 0.25) is 0 Å². The Labute approximate surface area is 101 Å². The molecule has 1 saturated carbocycles. The van der Waals surface area contributed by atoms with Crippen LogP contribution in [0.25, 0.3) is 0 Å². The molecule has 3 N–H and O–H groups in total. The Balaban J connectivity index is 1.88. The molecule has 2 unspecified atom stereocenters. The van der Waals surface area contributed by atoms with E-state index in [1.807, 2.05) is 18.7 Å². The molecule has 4 nitrogen and oxygen atoms in total. The van der Waals surface area contributed by atoms with Crippen LogP contribution in [0, 0.1) is 5.41 Å². The predicted molar refractivity (Wildman–Crippen MR) is 65.4 cm³/mol. The molecule has 1 aliphatic carbocycles. The summed E-state index contributed by atoms with van der Waals surface area (Å²) >= 11 is 1.85. The molecule has 1 amide bonds. The first-order chi connectivity index (χ1) is 7.52. The van der Waals surface area contributed by atoms with Crippen LogP contribution in [-0.2, 0) is 9.53 Å². The zero-order valence-corrected chi connectivity index (χ0v) is 10.7. The van der Waals surface area contributed by atoms with Crippen molar-refractivity contribution in [2.24, 2.45) is 11.1 Å². The molecule has 2 fully saturated rings. The van der Waals surface area contributed by atoms with Gasteiger partial charge in [0.1, 0.15) is 0 Å². The zero-order valence-electron chi connectivity index (χ0n) is 9.91. The quantitative estimate of drug-likeness (QED) is 0.749. The molecule has 0 aromatic rings. The molecule has 2 rings (SSSR count). The summed E-state index contributed by atoms with van der Waals surface area (Å²) in [6.45, 7) is 3.57. The number of hydrogen-bond donors (Lipinski definition) is 2. The molecular weight excluding hydrogens is 224 g/mol. The van der Waals surface area contributed by atoms with E-state index < -0.39 is 5.41 Å². The molecule has 0 aromatic heterocycles. The van der Waals surface area contributed by atoms with Gasteiger partial charge in [0.2, 0.25) is 5.91 Å². The van der Waals surface area contributed by atoms with E-state index >= 15 is 0 Å². The van der Waals surface area contributed by atoms with Crippen molar-refractivity contribution < 1.29 is 9.53 Å². The molecule has 1 heterocycles. The molecule has 1 aliphatic heterocycles. The van der Waals surface area contributed by atoms with Crippen molar-refractivity contribution in [1.82, 2.24) is 5.32 Å². The minimum atomic E-state index is -0.547. The minimum Gasteiger partial charge on any atom is -0.379 e. The summed E-state index contributed by atoms with van der Waals surface area (Å²) in [6, 6.07) is -0.183. The van der Waals surface area contributed by atoms with Gasteiger partial charge in [-0.15, -0.1) is 0 Å². The predicted octanol–water partition coefficient (Wildman–Crippen LogP) is 0.362. The number of ether oxygens (including phenoxy) is 1. The van der Waals surface area contributed by atoms with E-state index in [4.69, 9.17) is 10.5 Å². The highest BCUT2D eigenvalue weighted by Gasteiger charge is 2.47. The summed E-state index contributed by atoms with van der Waals surface area (Å²) in [7, 11) is 0. The third kappa shape index (κ3) is 2.08. The standard InChI is InChI=1S/C11H20N2O2S/c1-10(7-15-5-8(10)12)9(14)13-6-11(16-2)3-4-11/h8H,3-7,12H2,1-2H3,(H,13,14). The maximum absolute atomic E-state index is 12.1. The molecule has 1 saturated heterocycles. The van der Waals surface area contributed by atoms with Crippen LogP contribution in [0.5, 0.6) is 0 Å². The number of carbonyl (C=O) groups excluding carboxylic acids is 1. The van der Waals surface area contributed by atoms with Gasteiger partial charge in [-0.2, -0.15) is 11.8 Å². The molecule has 2 atom stereocenters. The van der Waals surface area contributed by atoms with E-state index in [-0.39, 0.29) is 11.9 Å². The van der Waals surface area contributed by atoms with E-state index in [1.54, 1.807) is 0 Å². The number of hydrogen-bond acceptors (Lipinski definition) is 4. The lowest BCUT2D eigenvalue weighted by Crippen LogP contribution is -2.51. The Kier molecular flexibility index (Phi) is 3.20. The van der Waals surface area contributed by atoms with Crippen molar-refractivity contribution in [3.05, 3.63) is 0 Å². The molecule has 0 radical (unpaired) electrons. The molecular formula is C11H20N2O2S. The fourth-order valence-electron chi connectivity index (χ4n) is 1.96. The maximum Gasteiger partial charge on any atom is 0.229 e. The van der Waals surface area contributed by atoms with Crippen LogP contribution in [0.15, 0.2) is 0 Å². The van der Waals surface area contributed by atoms with Gasteiger partial charge in [-0.05, 0) is 26.0 Å². The fraction of sp³-hybridized carbons (Fsp3) is 0.909. The summed E-state index contributed by atoms with van der Waals surface area (Å²) in [4.78, 5) is 12.1. The summed E-state index contributed by atoms with van der Waals surface area (Å²) in [5, 5.41) is 3.03. The smallest absolute Gasteiger partial charge is 0.229 e. The largest absolute Gasteiger partial charge is 0.379 e. The number of carbonyl (C=O) groups is 1. The van der Waals surface area contributed by atoms with Crippen LogP contribution >= 0.6 is 11.8 Å². The average molecular weight is 244 g/mol. The van der Waals surface area contributed by atoms with E-state index in [9.17, 15) is 4.79 Å². The lowest BCUT2D eigenvalue weighted by Gasteiger charge is -2.26. The van der Waals surface area contributed by atoms with Crippen molar-refractivity contribution in [2.75, 3.05) is 26.0 Å². The van der Waals surface area contributed by atoms with Crippen LogP contribution in [-0.4, -0.2) is 42.7 Å². The number of nitrogens with one attached hydrogen (secondary N) is 1. The second-order valence-corrected chi connectivity index (χ2v) is 6.38. The van der Waals surface area contributed by atoms with Gasteiger partial charge >= 0.3 is 0 Å². The third-order valence-corrected chi connectivity index (χ3v) is 5.27. The first-order valence-electron chi connectivity index (χ1n) is 5.69. The Morgan fingerprint density at radius 1 is 1.62 bits per heavy atom. The first-order valence-corrected chi connectivity index (χ1v) is 6.92. The molecule has 0 spiro atoms. The van der Waals surface area contributed by atoms with Crippen molar-refractivity contribution in [3.8, 4) is 0 Å². The second-order valence-electron chi connectivity index (χ2n) is 5.11. The van der Waals surface area contributed by atoms with Crippen LogP contribution < -0.4 is 11.1 Å². The van der Waals surface area contributed by atoms with Crippen molar-refractivity contribution in [1.29, 1.82) is 0 Å². The van der Waals surface area contributed by atoms with E-state index in [0.29, 0.717) is 18.0 Å². The van der Waals surface area contributed by atoms with Crippen molar-refractivity contribution >= 4 is 17.7 Å². The van der Waals surface area contributed by atoms with E-state index in [0.717, 1.165) is 6.54 Å². The fourth-order valence-corrected chi connectivity index (χ4v) is 2.69. The molecule has 0 aromatic carbocycles. The molecule has 2 aliphatic rings. The molecule has 5 heteroatoms. The van der Waals surface area contributed by atoms with Gasteiger partial charge in [0, 0.05) is 17.3 Å². The van der Waals surface area contributed by atoms with Crippen LogP contribution in [0.4, 0.5) is 0 Å². The van der Waals surface area contributed by atoms with Gasteiger partial charge in [0.15, 0.2) is 0 Å². The monoisotopic (exact) mass is 244 g/mol. The Hall–Kier alpha value is -0.260. The van der Waals surface area contributed by atoms with Gasteiger partial charge in [-0.25, -0.2) is 0 Å². The molecule has 92 valence electrons. The van der Waals surface area contributed by atoms with Crippen molar-refractivity contribution in [3.63, 3.8) is 0 Å². The van der Waals surface area contributed by atoms with Gasteiger partial charge in [-0.3, -0.25) is 4.79 Å². The second kappa shape index (κ2) is 4.20. The van der Waals surface area contributed by atoms with Crippen LogP contribution in [0.1, 0.15) is 19.8 Å². The summed E-state index contributed by atoms with van der Waals surface area (Å²) in [5.41, 5.74) is 5.36. The maximum atomic E-state index is 12.1. The zero-order chi connectivity index (χ0) is 11.8. The number of thioether (sulfide) groups is 1. The Morgan fingerprint density at radius 3 is 2.75 bits per heavy atom. The topological polar surface area (TPSA) is 64.3 Å². The Bertz CT molecular complexity index is 294. The Morgan fingerprint density at radius 2 is 2.31 bits per heavy atom. The SMILES string of the molecule is CSC1(CNC(=O)C2(C)COCC2N)CC1. The highest BCUT2D eigenvalue weighted by molar-refractivity contribution is 8.00. The highest BCUT2D eigenvalue weighted by atomic mass is 32.2. The normalized spacial score (nSPS) is 36.1. The molecule has 0 bridgehead atoms. The van der Waals surface area contributed by atoms with Crippen LogP contribution in [0.3, 0.4) is 0 Å². The average Bonchev–Trinajstić information content (AvgIpc) is 2.98. The summed E-state index contributed by atoms with van der Waals surface area (Å²) in [6.07, 6.45) is 4.51. The van der Waals surface area contributed by atoms with Gasteiger partial charge in [0.05, 0.1) is 18.6 Å². The van der Waals surface area contributed by atoms with Gasteiger partial charge in [0.25, 0.3) is 0 Å². The first kappa shape index (κ1) is 12.2. The number of amides is 1.